The fraction of sp³-hybridized carbons (Fsp3) is 0.0833. The van der Waals surface area contributed by atoms with Crippen molar-refractivity contribution in [3.63, 3.8) is 0 Å². The Morgan fingerprint density at radius 2 is 1.84 bits per heavy atom. The Balaban J connectivity index is 1.80. The molecule has 0 fully saturated rings. The lowest BCUT2D eigenvalue weighted by atomic mass is 10.0. The van der Waals surface area contributed by atoms with Gasteiger partial charge in [0.15, 0.2) is 0 Å². The number of aromatic nitrogens is 1. The van der Waals surface area contributed by atoms with Gasteiger partial charge in [-0.3, -0.25) is 9.30 Å². The second-order valence-corrected chi connectivity index (χ2v) is 8.88. The van der Waals surface area contributed by atoms with Crippen molar-refractivity contribution in [2.45, 2.75) is 4.90 Å². The van der Waals surface area contributed by atoms with E-state index >= 15 is 0 Å². The molecule has 1 aliphatic rings. The van der Waals surface area contributed by atoms with Crippen molar-refractivity contribution >= 4 is 33.1 Å². The van der Waals surface area contributed by atoms with Gasteiger partial charge in [-0.1, -0.05) is 36.9 Å². The molecule has 8 heteroatoms. The van der Waals surface area contributed by atoms with E-state index in [9.17, 15) is 8.42 Å². The molecule has 4 rings (SSSR count). The minimum atomic E-state index is -3.86. The van der Waals surface area contributed by atoms with Crippen molar-refractivity contribution < 1.29 is 12.8 Å². The van der Waals surface area contributed by atoms with Gasteiger partial charge in [0.05, 0.1) is 16.7 Å². The number of benzene rings is 2. The molecule has 0 amide bonds. The van der Waals surface area contributed by atoms with Crippen molar-refractivity contribution in [3.8, 4) is 0 Å². The van der Waals surface area contributed by atoms with Crippen LogP contribution in [0.3, 0.4) is 0 Å². The molecule has 2 aromatic carbocycles. The lowest BCUT2D eigenvalue weighted by Gasteiger charge is -2.19. The highest BCUT2D eigenvalue weighted by atomic mass is 32.2. The van der Waals surface area contributed by atoms with Crippen LogP contribution in [0.15, 0.2) is 106 Å². The third-order valence-corrected chi connectivity index (χ3v) is 6.63. The molecule has 0 radical (unpaired) electrons. The maximum atomic E-state index is 13.3. The van der Waals surface area contributed by atoms with Crippen LogP contribution >= 0.6 is 0 Å². The van der Waals surface area contributed by atoms with Crippen LogP contribution in [0.25, 0.3) is 11.1 Å². The molecule has 1 aromatic heterocycles. The van der Waals surface area contributed by atoms with Gasteiger partial charge in [-0.15, -0.1) is 0 Å². The van der Waals surface area contributed by atoms with E-state index in [0.29, 0.717) is 11.1 Å². The van der Waals surface area contributed by atoms with E-state index in [4.69, 9.17) is 4.42 Å². The second kappa shape index (κ2) is 9.07. The molecule has 162 valence electrons. The monoisotopic (exact) mass is 446 g/mol. The first-order valence-electron chi connectivity index (χ1n) is 9.86. The summed E-state index contributed by atoms with van der Waals surface area (Å²) in [4.78, 5) is 8.79. The molecule has 3 aromatic rings. The Labute approximate surface area is 187 Å². The average molecular weight is 447 g/mol. The molecule has 32 heavy (non-hydrogen) atoms. The fourth-order valence-electron chi connectivity index (χ4n) is 3.20. The summed E-state index contributed by atoms with van der Waals surface area (Å²) in [7, 11) is -2.00. The number of anilines is 1. The van der Waals surface area contributed by atoms with Crippen molar-refractivity contribution in [1.29, 1.82) is 0 Å². The lowest BCUT2D eigenvalue weighted by molar-refractivity contribution is 0.505. The van der Waals surface area contributed by atoms with Gasteiger partial charge in [-0.05, 0) is 41.5 Å². The molecule has 2 heterocycles. The number of rotatable bonds is 5. The smallest absolute Gasteiger partial charge is 0.265 e. The van der Waals surface area contributed by atoms with Crippen molar-refractivity contribution in [3.05, 3.63) is 103 Å². The van der Waals surface area contributed by atoms with Crippen LogP contribution in [0.5, 0.6) is 0 Å². The van der Waals surface area contributed by atoms with Crippen LogP contribution in [-0.2, 0) is 10.0 Å². The summed E-state index contributed by atoms with van der Waals surface area (Å²) >= 11 is 0. The minimum absolute atomic E-state index is 0.110. The Morgan fingerprint density at radius 1 is 1.09 bits per heavy atom. The second-order valence-electron chi connectivity index (χ2n) is 6.99. The summed E-state index contributed by atoms with van der Waals surface area (Å²) in [5, 5.41) is 3.09. The molecule has 1 aliphatic heterocycles. The van der Waals surface area contributed by atoms with E-state index in [2.05, 4.69) is 21.9 Å². The van der Waals surface area contributed by atoms with E-state index in [-0.39, 0.29) is 17.5 Å². The number of sulfonamides is 1. The molecule has 7 nitrogen and oxygen atoms in total. The van der Waals surface area contributed by atoms with Crippen LogP contribution in [0.1, 0.15) is 11.5 Å². The summed E-state index contributed by atoms with van der Waals surface area (Å²) in [6.45, 7) is 4.04. The molecule has 0 unspecified atom stereocenters. The lowest BCUT2D eigenvalue weighted by Crippen LogP contribution is -2.26. The highest BCUT2D eigenvalue weighted by Gasteiger charge is 2.24. The molecule has 0 atom stereocenters. The molecule has 0 bridgehead atoms. The number of nitrogens with one attached hydrogen (secondary N) is 1. The number of hydrogen-bond donors (Lipinski definition) is 1. The first-order chi connectivity index (χ1) is 15.5. The molecule has 1 N–H and O–H groups in total. The van der Waals surface area contributed by atoms with E-state index in [1.165, 1.54) is 23.0 Å². The first-order valence-corrected chi connectivity index (χ1v) is 11.3. The predicted molar refractivity (Wildman–Crippen MR) is 126 cm³/mol. The standard InChI is InChI=1S/C24H22N4O3S/c1-18-14-20(19-8-10-21(25-2)11-9-19)15-26-17-28(16-23(18)24-27-12-13-31-24)32(29,30)22-6-4-3-5-7-22/h3-16,25H,1,17H2,2H3/b20-14+,23-16?,26-15?. The van der Waals surface area contributed by atoms with Gasteiger partial charge in [0.25, 0.3) is 10.0 Å². The molecule has 0 saturated carbocycles. The fourth-order valence-corrected chi connectivity index (χ4v) is 4.43. The Kier molecular flexibility index (Phi) is 6.04. The maximum absolute atomic E-state index is 13.3. The molecule has 0 aliphatic carbocycles. The van der Waals surface area contributed by atoms with Gasteiger partial charge in [-0.25, -0.2) is 13.4 Å². The van der Waals surface area contributed by atoms with Crippen molar-refractivity contribution in [2.24, 2.45) is 4.99 Å². The quantitative estimate of drug-likeness (QED) is 0.626. The Morgan fingerprint density at radius 3 is 2.50 bits per heavy atom. The summed E-state index contributed by atoms with van der Waals surface area (Å²) in [5.41, 5.74) is 3.67. The predicted octanol–water partition coefficient (Wildman–Crippen LogP) is 4.43. The van der Waals surface area contributed by atoms with Gasteiger partial charge in [0.1, 0.15) is 12.9 Å². The summed E-state index contributed by atoms with van der Waals surface area (Å²) in [5.74, 6) is 0.270. The topological polar surface area (TPSA) is 87.8 Å². The summed E-state index contributed by atoms with van der Waals surface area (Å²) < 4.78 is 33.3. The van der Waals surface area contributed by atoms with Gasteiger partial charge in [0, 0.05) is 30.7 Å². The number of allylic oxidation sites excluding steroid dienone is 4. The number of aliphatic imine (C=N–C) groups is 1. The SMILES string of the molecule is C=C1/C=C(/c2ccc(NC)cc2)C=NCN(S(=O)(=O)c2ccccc2)C=C1c1ncco1. The number of hydrogen-bond acceptors (Lipinski definition) is 6. The van der Waals surface area contributed by atoms with Crippen LogP contribution < -0.4 is 5.32 Å². The van der Waals surface area contributed by atoms with E-state index < -0.39 is 10.0 Å². The van der Waals surface area contributed by atoms with Gasteiger partial charge < -0.3 is 9.73 Å². The van der Waals surface area contributed by atoms with Crippen LogP contribution in [-0.4, -0.2) is 37.6 Å². The van der Waals surface area contributed by atoms with Crippen LogP contribution in [0.2, 0.25) is 0 Å². The van der Waals surface area contributed by atoms with E-state index in [1.807, 2.05) is 37.4 Å². The normalized spacial score (nSPS) is 16.4. The van der Waals surface area contributed by atoms with E-state index in [1.54, 1.807) is 36.5 Å². The third-order valence-electron chi connectivity index (χ3n) is 4.92. The number of oxazole rings is 1. The summed E-state index contributed by atoms with van der Waals surface area (Å²) in [6.07, 6.45) is 7.90. The largest absolute Gasteiger partial charge is 0.444 e. The van der Waals surface area contributed by atoms with E-state index in [0.717, 1.165) is 16.8 Å². The highest BCUT2D eigenvalue weighted by Crippen LogP contribution is 2.29. The zero-order valence-corrected chi connectivity index (χ0v) is 18.3. The maximum Gasteiger partial charge on any atom is 0.265 e. The summed E-state index contributed by atoms with van der Waals surface area (Å²) in [6, 6.07) is 16.0. The van der Waals surface area contributed by atoms with Gasteiger partial charge >= 0.3 is 0 Å². The Hall–Kier alpha value is -3.91. The van der Waals surface area contributed by atoms with Gasteiger partial charge in [-0.2, -0.15) is 0 Å². The average Bonchev–Trinajstić information content (AvgIpc) is 3.36. The molecular weight excluding hydrogens is 424 g/mol. The van der Waals surface area contributed by atoms with Crippen molar-refractivity contribution in [2.75, 3.05) is 19.0 Å². The molecular formula is C24H22N4O3S. The number of nitrogens with zero attached hydrogens (tertiary/aromatic N) is 3. The third kappa shape index (κ3) is 4.40. The van der Waals surface area contributed by atoms with Crippen LogP contribution in [0.4, 0.5) is 5.69 Å². The Bertz CT molecular complexity index is 1290. The minimum Gasteiger partial charge on any atom is -0.444 e. The zero-order valence-electron chi connectivity index (χ0n) is 17.5. The van der Waals surface area contributed by atoms with Gasteiger partial charge in [0.2, 0.25) is 5.89 Å². The molecule has 0 saturated heterocycles. The first kappa shape index (κ1) is 21.3. The molecule has 0 spiro atoms. The highest BCUT2D eigenvalue weighted by molar-refractivity contribution is 7.89. The van der Waals surface area contributed by atoms with Crippen molar-refractivity contribution in [1.82, 2.24) is 9.29 Å². The zero-order chi connectivity index (χ0) is 22.6. The van der Waals surface area contributed by atoms with Crippen LogP contribution in [0, 0.1) is 0 Å².